The minimum Gasteiger partial charge on any atom is -0.394 e. The van der Waals surface area contributed by atoms with E-state index >= 15 is 0 Å². The third-order valence-corrected chi connectivity index (χ3v) is 3.27. The summed E-state index contributed by atoms with van der Waals surface area (Å²) in [7, 11) is 0. The molecule has 16 heavy (non-hydrogen) atoms. The molecule has 1 rings (SSSR count). The molecule has 2 nitrogen and oxygen atoms in total. The second-order valence-electron chi connectivity index (χ2n) is 4.09. The van der Waals surface area contributed by atoms with Gasteiger partial charge < -0.3 is 10.4 Å². The number of aliphatic hydroxyl groups excluding tert-OH is 1. The summed E-state index contributed by atoms with van der Waals surface area (Å²) < 4.78 is 13.4. The number of halogens is 1. The van der Waals surface area contributed by atoms with Gasteiger partial charge in [-0.3, -0.25) is 0 Å². The maximum absolute atomic E-state index is 13.4. The lowest BCUT2D eigenvalue weighted by Crippen LogP contribution is -2.47. The van der Waals surface area contributed by atoms with E-state index in [1.807, 2.05) is 19.9 Å². The van der Waals surface area contributed by atoms with Crippen molar-refractivity contribution >= 4 is 0 Å². The molecule has 0 saturated heterocycles. The molecule has 0 amide bonds. The summed E-state index contributed by atoms with van der Waals surface area (Å²) in [5.41, 5.74) is 0.352. The first-order valence-corrected chi connectivity index (χ1v) is 5.76. The Hall–Kier alpha value is -0.930. The zero-order chi connectivity index (χ0) is 12.0. The quantitative estimate of drug-likeness (QED) is 0.779. The van der Waals surface area contributed by atoms with Gasteiger partial charge in [-0.1, -0.05) is 32.0 Å². The lowest BCUT2D eigenvalue weighted by atomic mass is 9.93. The first-order chi connectivity index (χ1) is 7.67. The van der Waals surface area contributed by atoms with Crippen LogP contribution in [0.3, 0.4) is 0 Å². The van der Waals surface area contributed by atoms with Crippen molar-refractivity contribution in [2.45, 2.75) is 38.8 Å². The number of nitrogens with one attached hydrogen (secondary N) is 1. The fraction of sp³-hybridized carbons (Fsp3) is 0.538. The second kappa shape index (κ2) is 5.97. The largest absolute Gasteiger partial charge is 0.394 e. The molecule has 0 heterocycles. The normalized spacial score (nSPS) is 11.8. The molecular formula is C13H20FNO. The molecule has 0 aromatic heterocycles. The number of benzene rings is 1. The summed E-state index contributed by atoms with van der Waals surface area (Å²) in [6.45, 7) is 4.57. The molecule has 0 radical (unpaired) electrons. The van der Waals surface area contributed by atoms with E-state index in [2.05, 4.69) is 5.32 Å². The summed E-state index contributed by atoms with van der Waals surface area (Å²) in [6.07, 6.45) is 1.66. The summed E-state index contributed by atoms with van der Waals surface area (Å²) in [4.78, 5) is 0. The Morgan fingerprint density at radius 2 is 1.88 bits per heavy atom. The van der Waals surface area contributed by atoms with Crippen molar-refractivity contribution < 1.29 is 9.50 Å². The van der Waals surface area contributed by atoms with Crippen LogP contribution in [0.15, 0.2) is 24.3 Å². The minimum atomic E-state index is -0.289. The van der Waals surface area contributed by atoms with E-state index in [4.69, 9.17) is 0 Å². The first kappa shape index (κ1) is 13.1. The molecule has 0 saturated carbocycles. The van der Waals surface area contributed by atoms with Crippen molar-refractivity contribution in [3.8, 4) is 0 Å². The van der Waals surface area contributed by atoms with E-state index in [1.54, 1.807) is 12.1 Å². The van der Waals surface area contributed by atoms with Gasteiger partial charge in [-0.05, 0) is 18.9 Å². The van der Waals surface area contributed by atoms with Gasteiger partial charge in [-0.15, -0.1) is 0 Å². The highest BCUT2D eigenvalue weighted by Gasteiger charge is 2.24. The fourth-order valence-corrected chi connectivity index (χ4v) is 1.70. The average Bonchev–Trinajstić information content (AvgIpc) is 2.34. The Kier molecular flexibility index (Phi) is 4.90. The van der Waals surface area contributed by atoms with Gasteiger partial charge in [0, 0.05) is 17.6 Å². The molecule has 1 aromatic carbocycles. The Morgan fingerprint density at radius 3 is 2.38 bits per heavy atom. The van der Waals surface area contributed by atoms with Gasteiger partial charge in [0.15, 0.2) is 0 Å². The zero-order valence-corrected chi connectivity index (χ0v) is 9.96. The molecule has 0 aliphatic rings. The van der Waals surface area contributed by atoms with Crippen LogP contribution in [0.25, 0.3) is 0 Å². The van der Waals surface area contributed by atoms with E-state index in [0.29, 0.717) is 12.1 Å². The monoisotopic (exact) mass is 225 g/mol. The number of aliphatic hydroxyl groups is 1. The van der Waals surface area contributed by atoms with Gasteiger partial charge in [0.2, 0.25) is 0 Å². The number of rotatable bonds is 6. The highest BCUT2D eigenvalue weighted by atomic mass is 19.1. The highest BCUT2D eigenvalue weighted by Crippen LogP contribution is 2.16. The lowest BCUT2D eigenvalue weighted by molar-refractivity contribution is 0.149. The van der Waals surface area contributed by atoms with Crippen LogP contribution in [0, 0.1) is 5.82 Å². The van der Waals surface area contributed by atoms with Gasteiger partial charge >= 0.3 is 0 Å². The predicted molar refractivity (Wildman–Crippen MR) is 63.6 cm³/mol. The van der Waals surface area contributed by atoms with E-state index < -0.39 is 0 Å². The van der Waals surface area contributed by atoms with Crippen LogP contribution in [0.4, 0.5) is 4.39 Å². The number of hydrogen-bond acceptors (Lipinski definition) is 2. The second-order valence-corrected chi connectivity index (χ2v) is 4.09. The summed E-state index contributed by atoms with van der Waals surface area (Å²) in [6, 6.07) is 6.71. The van der Waals surface area contributed by atoms with Crippen LogP contribution in [0.5, 0.6) is 0 Å². The highest BCUT2D eigenvalue weighted by molar-refractivity contribution is 5.17. The summed E-state index contributed by atoms with van der Waals surface area (Å²) in [5.74, 6) is -0.200. The van der Waals surface area contributed by atoms with Gasteiger partial charge in [0.25, 0.3) is 0 Å². The van der Waals surface area contributed by atoms with E-state index in [0.717, 1.165) is 12.8 Å². The molecule has 0 aliphatic heterocycles. The average molecular weight is 225 g/mol. The standard InChI is InChI=1S/C13H20FNO/c1-3-13(4-2,10-16)15-9-11-7-5-6-8-12(11)14/h5-8,15-16H,3-4,9-10H2,1-2H3. The molecule has 0 aliphatic carbocycles. The molecule has 90 valence electrons. The Bertz CT molecular complexity index is 315. The van der Waals surface area contributed by atoms with Crippen LogP contribution in [0.2, 0.25) is 0 Å². The Labute approximate surface area is 96.5 Å². The minimum absolute atomic E-state index is 0.0778. The van der Waals surface area contributed by atoms with Crippen molar-refractivity contribution in [2.75, 3.05) is 6.61 Å². The summed E-state index contributed by atoms with van der Waals surface area (Å²) in [5, 5.41) is 12.6. The fourth-order valence-electron chi connectivity index (χ4n) is 1.70. The van der Waals surface area contributed by atoms with Gasteiger partial charge in [0.1, 0.15) is 5.82 Å². The molecule has 0 spiro atoms. The SMILES string of the molecule is CCC(CC)(CO)NCc1ccccc1F. The van der Waals surface area contributed by atoms with Crippen LogP contribution >= 0.6 is 0 Å². The van der Waals surface area contributed by atoms with Crippen molar-refractivity contribution in [2.24, 2.45) is 0 Å². The van der Waals surface area contributed by atoms with Crippen molar-refractivity contribution in [3.05, 3.63) is 35.6 Å². The van der Waals surface area contributed by atoms with Gasteiger partial charge in [-0.25, -0.2) is 4.39 Å². The number of hydrogen-bond donors (Lipinski definition) is 2. The summed E-state index contributed by atoms with van der Waals surface area (Å²) >= 11 is 0. The predicted octanol–water partition coefficient (Wildman–Crippen LogP) is 2.47. The molecule has 2 N–H and O–H groups in total. The zero-order valence-electron chi connectivity index (χ0n) is 9.96. The molecule has 0 fully saturated rings. The third kappa shape index (κ3) is 3.03. The van der Waals surface area contributed by atoms with Crippen LogP contribution in [-0.4, -0.2) is 17.3 Å². The Morgan fingerprint density at radius 1 is 1.25 bits per heavy atom. The molecular weight excluding hydrogens is 205 g/mol. The first-order valence-electron chi connectivity index (χ1n) is 5.76. The molecule has 0 unspecified atom stereocenters. The van der Waals surface area contributed by atoms with Gasteiger partial charge in [0.05, 0.1) is 6.61 Å². The maximum Gasteiger partial charge on any atom is 0.127 e. The van der Waals surface area contributed by atoms with Gasteiger partial charge in [-0.2, -0.15) is 0 Å². The topological polar surface area (TPSA) is 32.3 Å². The van der Waals surface area contributed by atoms with Crippen LogP contribution in [-0.2, 0) is 6.54 Å². The van der Waals surface area contributed by atoms with Crippen molar-refractivity contribution in [3.63, 3.8) is 0 Å². The Balaban J connectivity index is 2.66. The molecule has 0 atom stereocenters. The van der Waals surface area contributed by atoms with Crippen LogP contribution in [0.1, 0.15) is 32.3 Å². The van der Waals surface area contributed by atoms with Crippen molar-refractivity contribution in [1.82, 2.24) is 5.32 Å². The molecule has 1 aromatic rings. The van der Waals surface area contributed by atoms with E-state index in [9.17, 15) is 9.50 Å². The third-order valence-electron chi connectivity index (χ3n) is 3.27. The van der Waals surface area contributed by atoms with E-state index in [-0.39, 0.29) is 18.0 Å². The van der Waals surface area contributed by atoms with Crippen molar-refractivity contribution in [1.29, 1.82) is 0 Å². The molecule has 3 heteroatoms. The van der Waals surface area contributed by atoms with E-state index in [1.165, 1.54) is 6.07 Å². The van der Waals surface area contributed by atoms with Crippen LogP contribution < -0.4 is 5.32 Å². The lowest BCUT2D eigenvalue weighted by Gasteiger charge is -2.31. The maximum atomic E-state index is 13.4. The smallest absolute Gasteiger partial charge is 0.127 e. The molecule has 0 bridgehead atoms.